The first kappa shape index (κ1) is 20.7. The Kier molecular flexibility index (Phi) is 5.11. The van der Waals surface area contributed by atoms with Crippen molar-refractivity contribution in [2.24, 2.45) is 0 Å². The Hall–Kier alpha value is -2.90. The first-order valence-corrected chi connectivity index (χ1v) is 11.4. The van der Waals surface area contributed by atoms with Crippen molar-refractivity contribution in [1.29, 1.82) is 0 Å². The van der Waals surface area contributed by atoms with Gasteiger partial charge in [-0.3, -0.25) is 0 Å². The number of aromatic amines is 1. The highest BCUT2D eigenvalue weighted by Crippen LogP contribution is 2.36. The van der Waals surface area contributed by atoms with Gasteiger partial charge in [0, 0.05) is 11.1 Å². The van der Waals surface area contributed by atoms with Crippen molar-refractivity contribution in [2.45, 2.75) is 31.3 Å². The Labute approximate surface area is 196 Å². The van der Waals surface area contributed by atoms with Crippen LogP contribution in [0.15, 0.2) is 60.7 Å². The van der Waals surface area contributed by atoms with Crippen LogP contribution in [0.4, 0.5) is 0 Å². The summed E-state index contributed by atoms with van der Waals surface area (Å²) in [4.78, 5) is 8.16. The molecule has 2 aliphatic rings. The summed E-state index contributed by atoms with van der Waals surface area (Å²) < 4.78 is 17.6. The monoisotopic (exact) mass is 462 g/mol. The van der Waals surface area contributed by atoms with Crippen LogP contribution in [-0.4, -0.2) is 52.7 Å². The summed E-state index contributed by atoms with van der Waals surface area (Å²) in [5.41, 5.74) is 6.49. The molecule has 4 heterocycles. The van der Waals surface area contributed by atoms with Crippen LogP contribution in [0.25, 0.3) is 33.4 Å². The Balaban J connectivity index is 1.30. The maximum atomic E-state index is 9.97. The van der Waals surface area contributed by atoms with Crippen molar-refractivity contribution in [1.82, 2.24) is 9.97 Å². The van der Waals surface area contributed by atoms with Crippen molar-refractivity contribution < 1.29 is 19.3 Å². The molecule has 0 saturated carbocycles. The van der Waals surface area contributed by atoms with Gasteiger partial charge < -0.3 is 24.3 Å². The van der Waals surface area contributed by atoms with Gasteiger partial charge in [-0.25, -0.2) is 4.98 Å². The number of nitrogens with zero attached hydrogens (tertiary/aromatic N) is 1. The highest BCUT2D eigenvalue weighted by atomic mass is 35.5. The third kappa shape index (κ3) is 3.60. The molecule has 168 valence electrons. The maximum Gasteiger partial charge on any atom is 0.196 e. The van der Waals surface area contributed by atoms with Crippen molar-refractivity contribution in [3.63, 3.8) is 0 Å². The van der Waals surface area contributed by atoms with E-state index in [9.17, 15) is 5.11 Å². The molecule has 0 spiro atoms. The first-order valence-electron chi connectivity index (χ1n) is 11.0. The molecular weight excluding hydrogens is 440 g/mol. The molecular formula is C26H23ClN2O4. The highest BCUT2D eigenvalue weighted by molar-refractivity contribution is 6.33. The molecule has 1 unspecified atom stereocenters. The van der Waals surface area contributed by atoms with Gasteiger partial charge in [0.1, 0.15) is 18.3 Å². The summed E-state index contributed by atoms with van der Waals surface area (Å²) in [7, 11) is 0. The molecule has 2 aromatic carbocycles. The smallest absolute Gasteiger partial charge is 0.196 e. The molecule has 6 nitrogen and oxygen atoms in total. The molecule has 2 aliphatic heterocycles. The fourth-order valence-electron chi connectivity index (χ4n) is 4.66. The normalized spacial score (nSPS) is 24.3. The number of nitrogens with one attached hydrogen (secondary N) is 1. The largest absolute Gasteiger partial charge is 0.470 e. The van der Waals surface area contributed by atoms with E-state index in [4.69, 9.17) is 30.8 Å². The number of pyridine rings is 1. The van der Waals surface area contributed by atoms with Crippen molar-refractivity contribution in [2.75, 3.05) is 13.2 Å². The lowest BCUT2D eigenvalue weighted by Gasteiger charge is -2.17. The van der Waals surface area contributed by atoms with Gasteiger partial charge in [-0.2, -0.15) is 0 Å². The van der Waals surface area contributed by atoms with Crippen LogP contribution in [0, 0.1) is 6.92 Å². The summed E-state index contributed by atoms with van der Waals surface area (Å²) in [6, 6.07) is 20.4. The lowest BCUT2D eigenvalue weighted by Crippen LogP contribution is -2.34. The van der Waals surface area contributed by atoms with Gasteiger partial charge in [-0.1, -0.05) is 66.2 Å². The van der Waals surface area contributed by atoms with E-state index in [2.05, 4.69) is 29.2 Å². The number of fused-ring (bicyclic) bond motifs is 2. The number of hydrogen-bond donors (Lipinski definition) is 2. The second kappa shape index (κ2) is 8.15. The molecule has 2 aromatic heterocycles. The predicted octanol–water partition coefficient (Wildman–Crippen LogP) is 4.76. The molecule has 0 radical (unpaired) electrons. The van der Waals surface area contributed by atoms with Gasteiger partial charge in [0.25, 0.3) is 0 Å². The molecule has 7 heteroatoms. The standard InChI is InChI=1S/C26H23ClN2O4/c1-14-22-19(28-26(14)33-21-13-32-24-20(30)12-31-25(21)24)11-18(27)23(29-22)17-9-7-16(8-10-17)15-5-3-2-4-6-15/h2-11,20-21,24-25,28,30H,12-13H2,1H3/t20-,21-,24?,25-/m1/s1. The third-order valence-corrected chi connectivity index (χ3v) is 6.72. The average Bonchev–Trinajstić information content (AvgIpc) is 3.50. The Morgan fingerprint density at radius 1 is 0.970 bits per heavy atom. The first-order chi connectivity index (χ1) is 16.1. The van der Waals surface area contributed by atoms with Crippen LogP contribution in [-0.2, 0) is 9.47 Å². The molecule has 4 aromatic rings. The number of benzene rings is 2. The van der Waals surface area contributed by atoms with Gasteiger partial charge in [-0.05, 0) is 24.1 Å². The fourth-order valence-corrected chi connectivity index (χ4v) is 4.92. The van der Waals surface area contributed by atoms with E-state index in [0.717, 1.165) is 33.4 Å². The van der Waals surface area contributed by atoms with Crippen LogP contribution in [0.2, 0.25) is 5.02 Å². The lowest BCUT2D eigenvalue weighted by atomic mass is 10.0. The number of hydrogen-bond acceptors (Lipinski definition) is 5. The molecule has 6 rings (SSSR count). The van der Waals surface area contributed by atoms with E-state index in [1.54, 1.807) is 0 Å². The minimum absolute atomic E-state index is 0.268. The molecule has 2 saturated heterocycles. The minimum atomic E-state index is -0.608. The number of H-pyrrole nitrogens is 1. The van der Waals surface area contributed by atoms with Crippen LogP contribution in [0.5, 0.6) is 5.88 Å². The van der Waals surface area contributed by atoms with E-state index in [1.807, 2.05) is 43.3 Å². The quantitative estimate of drug-likeness (QED) is 0.457. The van der Waals surface area contributed by atoms with Crippen LogP contribution in [0.3, 0.4) is 0 Å². The summed E-state index contributed by atoms with van der Waals surface area (Å²) in [6.45, 7) is 2.61. The number of ether oxygens (including phenoxy) is 3. The van der Waals surface area contributed by atoms with E-state index in [-0.39, 0.29) is 24.9 Å². The number of aliphatic hydroxyl groups is 1. The molecule has 4 atom stereocenters. The predicted molar refractivity (Wildman–Crippen MR) is 127 cm³/mol. The zero-order chi connectivity index (χ0) is 22.5. The van der Waals surface area contributed by atoms with Gasteiger partial charge in [0.15, 0.2) is 12.0 Å². The van der Waals surface area contributed by atoms with Gasteiger partial charge in [0.05, 0.1) is 35.0 Å². The van der Waals surface area contributed by atoms with Gasteiger partial charge >= 0.3 is 0 Å². The van der Waals surface area contributed by atoms with E-state index in [1.165, 1.54) is 5.56 Å². The summed E-state index contributed by atoms with van der Waals surface area (Å²) in [5, 5.41) is 10.5. The van der Waals surface area contributed by atoms with E-state index >= 15 is 0 Å². The van der Waals surface area contributed by atoms with Crippen LogP contribution < -0.4 is 4.74 Å². The molecule has 0 bridgehead atoms. The second-order valence-electron chi connectivity index (χ2n) is 8.56. The molecule has 2 N–H and O–H groups in total. The maximum absolute atomic E-state index is 9.97. The van der Waals surface area contributed by atoms with Gasteiger partial charge in [-0.15, -0.1) is 0 Å². The summed E-state index contributed by atoms with van der Waals surface area (Å²) in [6.07, 6.45) is -1.51. The summed E-state index contributed by atoms with van der Waals surface area (Å²) >= 11 is 6.62. The van der Waals surface area contributed by atoms with Gasteiger partial charge in [0.2, 0.25) is 0 Å². The SMILES string of the molecule is Cc1c(O[C@@H]2COC3[C@H](O)CO[C@@H]32)[nH]c2cc(Cl)c(-c3ccc(-c4ccccc4)cc3)nc12. The second-order valence-corrected chi connectivity index (χ2v) is 8.96. The molecule has 2 fully saturated rings. The fraction of sp³-hybridized carbons (Fsp3) is 0.269. The summed E-state index contributed by atoms with van der Waals surface area (Å²) in [5.74, 6) is 0.615. The number of aliphatic hydroxyl groups excluding tert-OH is 1. The van der Waals surface area contributed by atoms with Crippen LogP contribution in [0.1, 0.15) is 5.56 Å². The van der Waals surface area contributed by atoms with E-state index < -0.39 is 6.10 Å². The number of halogens is 1. The van der Waals surface area contributed by atoms with Crippen LogP contribution >= 0.6 is 11.6 Å². The number of rotatable bonds is 4. The Bertz CT molecular complexity index is 1310. The van der Waals surface area contributed by atoms with Crippen molar-refractivity contribution >= 4 is 22.6 Å². The average molecular weight is 463 g/mol. The molecule has 33 heavy (non-hydrogen) atoms. The lowest BCUT2D eigenvalue weighted by molar-refractivity contribution is 0.00782. The number of aryl methyl sites for hydroxylation is 1. The third-order valence-electron chi connectivity index (χ3n) is 6.44. The Morgan fingerprint density at radius 3 is 2.45 bits per heavy atom. The molecule has 0 aliphatic carbocycles. The van der Waals surface area contributed by atoms with Crippen molar-refractivity contribution in [3.05, 3.63) is 71.2 Å². The molecule has 0 amide bonds. The Morgan fingerprint density at radius 2 is 1.67 bits per heavy atom. The highest BCUT2D eigenvalue weighted by Gasteiger charge is 2.48. The van der Waals surface area contributed by atoms with E-state index in [0.29, 0.717) is 17.5 Å². The topological polar surface area (TPSA) is 76.6 Å². The zero-order valence-corrected chi connectivity index (χ0v) is 18.8. The zero-order valence-electron chi connectivity index (χ0n) is 18.0. The number of aromatic nitrogens is 2. The van der Waals surface area contributed by atoms with Crippen molar-refractivity contribution in [3.8, 4) is 28.3 Å². The minimum Gasteiger partial charge on any atom is -0.470 e.